The molecule has 1 aromatic heterocycles. The highest BCUT2D eigenvalue weighted by molar-refractivity contribution is 6.30. The number of hydrogen-bond donors (Lipinski definition) is 0. The van der Waals surface area contributed by atoms with Gasteiger partial charge in [0.1, 0.15) is 12.1 Å². The van der Waals surface area contributed by atoms with Crippen LogP contribution in [0, 0.1) is 5.82 Å². The second-order valence-electron chi connectivity index (χ2n) is 5.79. The van der Waals surface area contributed by atoms with E-state index in [4.69, 9.17) is 16.3 Å². The molecule has 6 heteroatoms. The smallest absolute Gasteiger partial charge is 0.167 e. The zero-order valence-electron chi connectivity index (χ0n) is 13.1. The molecule has 1 aliphatic heterocycles. The number of aromatic nitrogens is 2. The van der Waals surface area contributed by atoms with E-state index in [0.717, 1.165) is 35.7 Å². The number of ether oxygens (including phenoxy) is 1. The molecule has 122 valence electrons. The Morgan fingerprint density at radius 1 is 1.17 bits per heavy atom. The van der Waals surface area contributed by atoms with Gasteiger partial charge in [0.2, 0.25) is 0 Å². The van der Waals surface area contributed by atoms with E-state index in [0.29, 0.717) is 5.52 Å². The van der Waals surface area contributed by atoms with Crippen LogP contribution in [0.5, 0.6) is 5.75 Å². The number of nitrogens with zero attached hydrogens (tertiary/aromatic N) is 3. The molecular formula is C18H15ClFN3O. The average molecular weight is 344 g/mol. The minimum atomic E-state index is -0.423. The van der Waals surface area contributed by atoms with Gasteiger partial charge in [-0.3, -0.25) is 0 Å². The lowest BCUT2D eigenvalue weighted by Gasteiger charge is -2.30. The molecule has 0 bridgehead atoms. The molecule has 0 amide bonds. The van der Waals surface area contributed by atoms with Crippen molar-refractivity contribution in [2.45, 2.75) is 13.0 Å². The van der Waals surface area contributed by atoms with Crippen LogP contribution < -0.4 is 9.64 Å². The second kappa shape index (κ2) is 5.91. The van der Waals surface area contributed by atoms with Crippen molar-refractivity contribution in [1.29, 1.82) is 0 Å². The van der Waals surface area contributed by atoms with Gasteiger partial charge in [0.15, 0.2) is 11.6 Å². The van der Waals surface area contributed by atoms with Crippen LogP contribution in [-0.4, -0.2) is 23.6 Å². The summed E-state index contributed by atoms with van der Waals surface area (Å²) in [6.07, 6.45) is 2.36. The summed E-state index contributed by atoms with van der Waals surface area (Å²) < 4.78 is 19.0. The van der Waals surface area contributed by atoms with E-state index in [9.17, 15) is 4.39 Å². The van der Waals surface area contributed by atoms with Crippen LogP contribution in [-0.2, 0) is 13.0 Å². The first kappa shape index (κ1) is 15.1. The predicted molar refractivity (Wildman–Crippen MR) is 92.3 cm³/mol. The van der Waals surface area contributed by atoms with Gasteiger partial charge in [-0.15, -0.1) is 0 Å². The average Bonchev–Trinajstić information content (AvgIpc) is 2.60. The summed E-state index contributed by atoms with van der Waals surface area (Å²) in [5.41, 5.74) is 3.06. The number of hydrogen-bond acceptors (Lipinski definition) is 4. The number of methoxy groups -OCH3 is 1. The predicted octanol–water partition coefficient (Wildman–Crippen LogP) is 3.99. The molecule has 0 spiro atoms. The molecule has 2 aromatic carbocycles. The maximum Gasteiger partial charge on any atom is 0.167 e. The summed E-state index contributed by atoms with van der Waals surface area (Å²) in [4.78, 5) is 10.8. The molecule has 0 aliphatic carbocycles. The fraction of sp³-hybridized carbons (Fsp3) is 0.222. The third-order valence-corrected chi connectivity index (χ3v) is 4.60. The van der Waals surface area contributed by atoms with Crippen molar-refractivity contribution in [3.8, 4) is 5.75 Å². The van der Waals surface area contributed by atoms with E-state index in [2.05, 4.69) is 14.9 Å². The molecule has 4 rings (SSSR count). The second-order valence-corrected chi connectivity index (χ2v) is 6.22. The standard InChI is InChI=1S/C18H15ClFN3O/c1-24-17-7-14-16(8-15(17)20)21-10-22-18(14)23-5-4-11-6-13(19)3-2-12(11)9-23/h2-3,6-8,10H,4-5,9H2,1H3. The highest BCUT2D eigenvalue weighted by atomic mass is 35.5. The van der Waals surface area contributed by atoms with E-state index in [1.165, 1.54) is 30.6 Å². The van der Waals surface area contributed by atoms with Gasteiger partial charge in [-0.05, 0) is 35.7 Å². The van der Waals surface area contributed by atoms with E-state index in [1.54, 1.807) is 6.07 Å². The quantitative estimate of drug-likeness (QED) is 0.705. The van der Waals surface area contributed by atoms with Crippen LogP contribution in [0.15, 0.2) is 36.7 Å². The molecular weight excluding hydrogens is 329 g/mol. The molecule has 0 atom stereocenters. The summed E-state index contributed by atoms with van der Waals surface area (Å²) in [6, 6.07) is 9.02. The highest BCUT2D eigenvalue weighted by Gasteiger charge is 2.20. The molecule has 24 heavy (non-hydrogen) atoms. The zero-order valence-corrected chi connectivity index (χ0v) is 13.8. The van der Waals surface area contributed by atoms with Crippen molar-refractivity contribution in [3.63, 3.8) is 0 Å². The Kier molecular flexibility index (Phi) is 3.73. The summed E-state index contributed by atoms with van der Waals surface area (Å²) >= 11 is 6.07. The molecule has 0 radical (unpaired) electrons. The summed E-state index contributed by atoms with van der Waals surface area (Å²) in [5.74, 6) is 0.565. The normalized spacial score (nSPS) is 13.9. The van der Waals surface area contributed by atoms with Gasteiger partial charge in [-0.25, -0.2) is 14.4 Å². The number of anilines is 1. The molecule has 1 aliphatic rings. The van der Waals surface area contributed by atoms with E-state index >= 15 is 0 Å². The fourth-order valence-corrected chi connectivity index (χ4v) is 3.35. The Morgan fingerprint density at radius 2 is 2.04 bits per heavy atom. The SMILES string of the molecule is COc1cc2c(N3CCc4cc(Cl)ccc4C3)ncnc2cc1F. The number of rotatable bonds is 2. The molecule has 0 N–H and O–H groups in total. The van der Waals surface area contributed by atoms with Gasteiger partial charge >= 0.3 is 0 Å². The maximum absolute atomic E-state index is 13.9. The Labute approximate surface area is 143 Å². The van der Waals surface area contributed by atoms with Crippen molar-refractivity contribution < 1.29 is 9.13 Å². The van der Waals surface area contributed by atoms with Crippen LogP contribution >= 0.6 is 11.6 Å². The first-order valence-electron chi connectivity index (χ1n) is 7.66. The lowest BCUT2D eigenvalue weighted by atomic mass is 9.99. The molecule has 0 saturated carbocycles. The number of benzene rings is 2. The van der Waals surface area contributed by atoms with E-state index in [1.807, 2.05) is 18.2 Å². The number of fused-ring (bicyclic) bond motifs is 2. The van der Waals surface area contributed by atoms with Crippen molar-refractivity contribution >= 4 is 28.3 Å². The lowest BCUT2D eigenvalue weighted by molar-refractivity contribution is 0.387. The minimum Gasteiger partial charge on any atom is -0.494 e. The van der Waals surface area contributed by atoms with E-state index in [-0.39, 0.29) is 5.75 Å². The maximum atomic E-state index is 13.9. The van der Waals surface area contributed by atoms with Gasteiger partial charge < -0.3 is 9.64 Å². The first-order chi connectivity index (χ1) is 11.7. The first-order valence-corrected chi connectivity index (χ1v) is 8.04. The van der Waals surface area contributed by atoms with Crippen LogP contribution in [0.1, 0.15) is 11.1 Å². The van der Waals surface area contributed by atoms with Gasteiger partial charge in [0.25, 0.3) is 0 Å². The topological polar surface area (TPSA) is 38.2 Å². The molecule has 3 aromatic rings. The Balaban J connectivity index is 1.78. The van der Waals surface area contributed by atoms with E-state index < -0.39 is 5.82 Å². The Hall–Kier alpha value is -2.40. The lowest BCUT2D eigenvalue weighted by Crippen LogP contribution is -2.31. The Bertz CT molecular complexity index is 932. The van der Waals surface area contributed by atoms with Crippen LogP contribution in [0.4, 0.5) is 10.2 Å². The molecule has 0 fully saturated rings. The van der Waals surface area contributed by atoms with Crippen molar-refractivity contribution in [2.75, 3.05) is 18.6 Å². The van der Waals surface area contributed by atoms with Gasteiger partial charge in [-0.2, -0.15) is 0 Å². The summed E-state index contributed by atoms with van der Waals surface area (Å²) in [7, 11) is 1.45. The third kappa shape index (κ3) is 2.55. The fourth-order valence-electron chi connectivity index (χ4n) is 3.15. The van der Waals surface area contributed by atoms with Gasteiger partial charge in [0, 0.05) is 29.6 Å². The molecule has 4 nitrogen and oxygen atoms in total. The third-order valence-electron chi connectivity index (χ3n) is 4.37. The monoisotopic (exact) mass is 343 g/mol. The zero-order chi connectivity index (χ0) is 16.7. The Morgan fingerprint density at radius 3 is 2.88 bits per heavy atom. The molecule has 2 heterocycles. The summed E-state index contributed by atoms with van der Waals surface area (Å²) in [5, 5.41) is 1.54. The van der Waals surface area contributed by atoms with Crippen molar-refractivity contribution in [2.24, 2.45) is 0 Å². The highest BCUT2D eigenvalue weighted by Crippen LogP contribution is 2.32. The van der Waals surface area contributed by atoms with Gasteiger partial charge in [0.05, 0.1) is 12.6 Å². The molecule has 0 unspecified atom stereocenters. The van der Waals surface area contributed by atoms with Crippen molar-refractivity contribution in [1.82, 2.24) is 9.97 Å². The van der Waals surface area contributed by atoms with Crippen LogP contribution in [0.3, 0.4) is 0 Å². The minimum absolute atomic E-state index is 0.197. The summed E-state index contributed by atoms with van der Waals surface area (Å²) in [6.45, 7) is 1.55. The number of halogens is 2. The molecule has 0 saturated heterocycles. The largest absolute Gasteiger partial charge is 0.494 e. The van der Waals surface area contributed by atoms with Gasteiger partial charge in [-0.1, -0.05) is 17.7 Å². The van der Waals surface area contributed by atoms with Crippen LogP contribution in [0.2, 0.25) is 5.02 Å². The van der Waals surface area contributed by atoms with Crippen LogP contribution in [0.25, 0.3) is 10.9 Å². The van der Waals surface area contributed by atoms with Crippen molar-refractivity contribution in [3.05, 3.63) is 58.6 Å².